The van der Waals surface area contributed by atoms with Crippen LogP contribution in [0, 0.1) is 6.92 Å². The zero-order valence-corrected chi connectivity index (χ0v) is 9.60. The highest BCUT2D eigenvalue weighted by Crippen LogP contribution is 2.28. The molecule has 2 N–H and O–H groups in total. The maximum absolute atomic E-state index is 5.81. The topological polar surface area (TPSA) is 64.9 Å². The quantitative estimate of drug-likeness (QED) is 0.728. The van der Waals surface area contributed by atoms with Gasteiger partial charge in [-0.3, -0.25) is 0 Å². The summed E-state index contributed by atoms with van der Waals surface area (Å²) >= 11 is 0. The second kappa shape index (κ2) is 3.82. The smallest absolute Gasteiger partial charge is 0.175 e. The van der Waals surface area contributed by atoms with Gasteiger partial charge in [-0.2, -0.15) is 0 Å². The van der Waals surface area contributed by atoms with Gasteiger partial charge in [0.15, 0.2) is 5.58 Å². The van der Waals surface area contributed by atoms with Crippen LogP contribution in [0.2, 0.25) is 0 Å². The van der Waals surface area contributed by atoms with Gasteiger partial charge >= 0.3 is 0 Å². The van der Waals surface area contributed by atoms with Crippen molar-refractivity contribution in [2.75, 3.05) is 6.54 Å². The monoisotopic (exact) mass is 227 g/mol. The fourth-order valence-corrected chi connectivity index (χ4v) is 2.08. The molecule has 0 aliphatic rings. The molecule has 0 unspecified atom stereocenters. The van der Waals surface area contributed by atoms with Crippen LogP contribution in [0.3, 0.4) is 0 Å². The number of hydrogen-bond acceptors (Lipinski definition) is 4. The molecule has 0 aliphatic carbocycles. The van der Waals surface area contributed by atoms with E-state index in [1.54, 1.807) is 0 Å². The molecule has 3 aromatic rings. The van der Waals surface area contributed by atoms with E-state index in [-0.39, 0.29) is 0 Å². The Morgan fingerprint density at radius 3 is 2.88 bits per heavy atom. The predicted octanol–water partition coefficient (Wildman–Crippen LogP) is 2.19. The van der Waals surface area contributed by atoms with Crippen molar-refractivity contribution in [3.63, 3.8) is 0 Å². The molecule has 2 aromatic heterocycles. The Kier molecular flexibility index (Phi) is 2.30. The molecule has 0 aliphatic heterocycles. The molecule has 0 spiro atoms. The number of rotatable bonds is 2. The fourth-order valence-electron chi connectivity index (χ4n) is 2.08. The molecule has 0 saturated carbocycles. The van der Waals surface area contributed by atoms with Gasteiger partial charge < -0.3 is 10.2 Å². The van der Waals surface area contributed by atoms with Crippen molar-refractivity contribution in [1.29, 1.82) is 0 Å². The standard InChI is InChI=1S/C13H13N3O/c1-8-15-10(6-7-14)13-12(16-8)9-4-2-3-5-11(9)17-13/h2-5H,6-7,14H2,1H3. The number of benzene rings is 1. The van der Waals surface area contributed by atoms with Crippen LogP contribution in [-0.2, 0) is 6.42 Å². The first-order valence-electron chi connectivity index (χ1n) is 5.64. The number of nitrogens with zero attached hydrogens (tertiary/aromatic N) is 2. The molecule has 0 radical (unpaired) electrons. The molecule has 0 atom stereocenters. The summed E-state index contributed by atoms with van der Waals surface area (Å²) in [7, 11) is 0. The first-order chi connectivity index (χ1) is 8.29. The van der Waals surface area contributed by atoms with Crippen molar-refractivity contribution in [3.8, 4) is 0 Å². The summed E-state index contributed by atoms with van der Waals surface area (Å²) in [5.41, 5.74) is 8.99. The summed E-state index contributed by atoms with van der Waals surface area (Å²) < 4.78 is 5.81. The highest BCUT2D eigenvalue weighted by Gasteiger charge is 2.13. The lowest BCUT2D eigenvalue weighted by atomic mass is 10.2. The van der Waals surface area contributed by atoms with Gasteiger partial charge in [0.2, 0.25) is 0 Å². The summed E-state index contributed by atoms with van der Waals surface area (Å²) in [5, 5.41) is 1.03. The first-order valence-corrected chi connectivity index (χ1v) is 5.64. The molecule has 0 bridgehead atoms. The molecule has 4 nitrogen and oxygen atoms in total. The minimum absolute atomic E-state index is 0.558. The summed E-state index contributed by atoms with van der Waals surface area (Å²) in [4.78, 5) is 8.86. The Morgan fingerprint density at radius 2 is 2.06 bits per heavy atom. The van der Waals surface area contributed by atoms with Gasteiger partial charge in [0.1, 0.15) is 16.9 Å². The summed E-state index contributed by atoms with van der Waals surface area (Å²) in [6.45, 7) is 2.45. The fraction of sp³-hybridized carbons (Fsp3) is 0.231. The molecule has 4 heteroatoms. The summed E-state index contributed by atoms with van der Waals surface area (Å²) in [6.07, 6.45) is 0.708. The molecular formula is C13H13N3O. The van der Waals surface area contributed by atoms with Crippen molar-refractivity contribution < 1.29 is 4.42 Å². The van der Waals surface area contributed by atoms with E-state index < -0.39 is 0 Å². The van der Waals surface area contributed by atoms with E-state index in [2.05, 4.69) is 9.97 Å². The Bertz CT molecular complexity index is 688. The van der Waals surface area contributed by atoms with E-state index in [1.165, 1.54) is 0 Å². The molecule has 2 heterocycles. The van der Waals surface area contributed by atoms with Crippen LogP contribution in [0.15, 0.2) is 28.7 Å². The van der Waals surface area contributed by atoms with Crippen LogP contribution >= 0.6 is 0 Å². The molecular weight excluding hydrogens is 214 g/mol. The Balaban J connectivity index is 2.42. The lowest BCUT2D eigenvalue weighted by Gasteiger charge is -2.00. The van der Waals surface area contributed by atoms with Gasteiger partial charge in [-0.25, -0.2) is 9.97 Å². The van der Waals surface area contributed by atoms with E-state index in [0.29, 0.717) is 13.0 Å². The molecule has 0 saturated heterocycles. The molecule has 17 heavy (non-hydrogen) atoms. The Hall–Kier alpha value is -1.94. The second-order valence-electron chi connectivity index (χ2n) is 4.03. The molecule has 1 aromatic carbocycles. The van der Waals surface area contributed by atoms with E-state index in [9.17, 15) is 0 Å². The minimum atomic E-state index is 0.558. The van der Waals surface area contributed by atoms with E-state index >= 15 is 0 Å². The van der Waals surface area contributed by atoms with Gasteiger partial charge in [0.25, 0.3) is 0 Å². The van der Waals surface area contributed by atoms with Gasteiger partial charge in [0, 0.05) is 11.8 Å². The second-order valence-corrected chi connectivity index (χ2v) is 4.03. The van der Waals surface area contributed by atoms with Crippen LogP contribution in [-0.4, -0.2) is 16.5 Å². The van der Waals surface area contributed by atoms with Crippen molar-refractivity contribution in [3.05, 3.63) is 35.8 Å². The van der Waals surface area contributed by atoms with Crippen molar-refractivity contribution in [1.82, 2.24) is 9.97 Å². The van der Waals surface area contributed by atoms with Crippen LogP contribution in [0.5, 0.6) is 0 Å². The number of para-hydroxylation sites is 1. The predicted molar refractivity (Wildman–Crippen MR) is 66.8 cm³/mol. The van der Waals surface area contributed by atoms with Crippen LogP contribution in [0.4, 0.5) is 0 Å². The van der Waals surface area contributed by atoms with Crippen molar-refractivity contribution in [2.45, 2.75) is 13.3 Å². The number of aryl methyl sites for hydroxylation is 1. The number of hydrogen-bond donors (Lipinski definition) is 1. The maximum atomic E-state index is 5.81. The first kappa shape index (κ1) is 10.2. The largest absolute Gasteiger partial charge is 0.452 e. The summed E-state index contributed by atoms with van der Waals surface area (Å²) in [5.74, 6) is 0.757. The molecule has 3 rings (SSSR count). The normalized spacial score (nSPS) is 11.4. The van der Waals surface area contributed by atoms with E-state index in [0.717, 1.165) is 33.6 Å². The van der Waals surface area contributed by atoms with Gasteiger partial charge in [-0.1, -0.05) is 12.1 Å². The molecule has 0 fully saturated rings. The van der Waals surface area contributed by atoms with Crippen molar-refractivity contribution >= 4 is 22.1 Å². The van der Waals surface area contributed by atoms with Crippen LogP contribution in [0.1, 0.15) is 11.5 Å². The zero-order valence-electron chi connectivity index (χ0n) is 9.60. The van der Waals surface area contributed by atoms with Gasteiger partial charge in [-0.05, 0) is 25.6 Å². The molecule has 86 valence electrons. The zero-order chi connectivity index (χ0) is 11.8. The third kappa shape index (κ3) is 1.57. The third-order valence-corrected chi connectivity index (χ3v) is 2.78. The Morgan fingerprint density at radius 1 is 1.24 bits per heavy atom. The SMILES string of the molecule is Cc1nc(CCN)c2oc3ccccc3c2n1. The molecule has 0 amide bonds. The lowest BCUT2D eigenvalue weighted by molar-refractivity contribution is 0.655. The lowest BCUT2D eigenvalue weighted by Crippen LogP contribution is -2.06. The van der Waals surface area contributed by atoms with Gasteiger partial charge in [-0.15, -0.1) is 0 Å². The summed E-state index contributed by atoms with van der Waals surface area (Å²) in [6, 6.07) is 7.89. The van der Waals surface area contributed by atoms with Crippen LogP contribution in [0.25, 0.3) is 22.1 Å². The number of fused-ring (bicyclic) bond motifs is 3. The average Bonchev–Trinajstić information content (AvgIpc) is 2.69. The highest BCUT2D eigenvalue weighted by atomic mass is 16.3. The van der Waals surface area contributed by atoms with E-state index in [4.69, 9.17) is 10.2 Å². The Labute approximate surface area is 98.5 Å². The number of furan rings is 1. The van der Waals surface area contributed by atoms with Crippen LogP contribution < -0.4 is 5.73 Å². The van der Waals surface area contributed by atoms with Crippen molar-refractivity contribution in [2.24, 2.45) is 5.73 Å². The third-order valence-electron chi connectivity index (χ3n) is 2.78. The average molecular weight is 227 g/mol. The number of aromatic nitrogens is 2. The minimum Gasteiger partial charge on any atom is -0.452 e. The van der Waals surface area contributed by atoms with E-state index in [1.807, 2.05) is 31.2 Å². The van der Waals surface area contributed by atoms with Gasteiger partial charge in [0.05, 0.1) is 5.69 Å². The maximum Gasteiger partial charge on any atom is 0.175 e. The number of nitrogens with two attached hydrogens (primary N) is 1. The highest BCUT2D eigenvalue weighted by molar-refractivity contribution is 6.02.